The highest BCUT2D eigenvalue weighted by Crippen LogP contribution is 2.36. The van der Waals surface area contributed by atoms with Crippen LogP contribution >= 0.6 is 0 Å². The largest absolute Gasteiger partial charge is 0.482 e. The van der Waals surface area contributed by atoms with E-state index in [1.54, 1.807) is 9.80 Å². The van der Waals surface area contributed by atoms with Gasteiger partial charge >= 0.3 is 0 Å². The second-order valence-electron chi connectivity index (χ2n) is 8.26. The van der Waals surface area contributed by atoms with Crippen molar-refractivity contribution >= 4 is 17.5 Å². The van der Waals surface area contributed by atoms with E-state index in [0.29, 0.717) is 24.5 Å². The molecule has 0 aliphatic carbocycles. The van der Waals surface area contributed by atoms with Crippen LogP contribution in [0, 0.1) is 0 Å². The Kier molecular flexibility index (Phi) is 4.97. The van der Waals surface area contributed by atoms with Crippen molar-refractivity contribution in [2.24, 2.45) is 0 Å². The van der Waals surface area contributed by atoms with Gasteiger partial charge in [0.1, 0.15) is 12.3 Å². The minimum Gasteiger partial charge on any atom is -0.482 e. The summed E-state index contributed by atoms with van der Waals surface area (Å²) in [5, 5.41) is 0. The van der Waals surface area contributed by atoms with E-state index in [1.165, 1.54) is 0 Å². The minimum atomic E-state index is -0.189. The molecule has 2 unspecified atom stereocenters. The van der Waals surface area contributed by atoms with Crippen LogP contribution in [0.25, 0.3) is 0 Å². The zero-order chi connectivity index (χ0) is 19.1. The molecule has 142 valence electrons. The van der Waals surface area contributed by atoms with E-state index in [2.05, 4.69) is 20.8 Å². The second-order valence-corrected chi connectivity index (χ2v) is 8.26. The van der Waals surface area contributed by atoms with Crippen molar-refractivity contribution in [3.05, 3.63) is 23.8 Å². The lowest BCUT2D eigenvalue weighted by Gasteiger charge is -2.37. The van der Waals surface area contributed by atoms with Crippen LogP contribution < -0.4 is 9.64 Å². The fraction of sp³-hybridized carbons (Fsp3) is 0.600. The molecule has 2 aliphatic rings. The lowest BCUT2D eigenvalue weighted by atomic mass is 9.86. The molecule has 0 radical (unpaired) electrons. The third-order valence-electron chi connectivity index (χ3n) is 4.83. The summed E-state index contributed by atoms with van der Waals surface area (Å²) in [4.78, 5) is 28.6. The summed E-state index contributed by atoms with van der Waals surface area (Å²) in [7, 11) is 0. The average molecular weight is 360 g/mol. The standard InChI is InChI=1S/C20H28N2O4/c1-13-9-21(10-14(2)26-13)18(23)11-22-16-8-15(20(3,4)5)6-7-17(16)25-12-19(22)24/h6-8,13-14H,9-12H2,1-5H3. The van der Waals surface area contributed by atoms with Crippen LogP contribution in [0.3, 0.4) is 0 Å². The summed E-state index contributed by atoms with van der Waals surface area (Å²) in [6.07, 6.45) is 0.00532. The first-order valence-corrected chi connectivity index (χ1v) is 9.16. The highest BCUT2D eigenvalue weighted by atomic mass is 16.5. The Bertz CT molecular complexity index is 700. The Hall–Kier alpha value is -2.08. The van der Waals surface area contributed by atoms with Crippen molar-refractivity contribution in [3.63, 3.8) is 0 Å². The van der Waals surface area contributed by atoms with E-state index in [4.69, 9.17) is 9.47 Å². The number of fused-ring (bicyclic) bond motifs is 1. The molecule has 2 aliphatic heterocycles. The Morgan fingerprint density at radius 1 is 1.19 bits per heavy atom. The molecule has 0 saturated carbocycles. The molecule has 0 N–H and O–H groups in total. The molecule has 1 fully saturated rings. The second kappa shape index (κ2) is 6.91. The van der Waals surface area contributed by atoms with E-state index in [0.717, 1.165) is 5.56 Å². The van der Waals surface area contributed by atoms with Gasteiger partial charge in [-0.2, -0.15) is 0 Å². The SMILES string of the molecule is CC1CN(C(=O)CN2C(=O)COc3ccc(C(C)(C)C)cc32)CC(C)O1. The lowest BCUT2D eigenvalue weighted by Crippen LogP contribution is -2.52. The first-order chi connectivity index (χ1) is 12.1. The highest BCUT2D eigenvalue weighted by molar-refractivity contribution is 6.02. The third kappa shape index (κ3) is 3.85. The summed E-state index contributed by atoms with van der Waals surface area (Å²) in [6, 6.07) is 5.86. The predicted octanol–water partition coefficient (Wildman–Crippen LogP) is 2.35. The summed E-state index contributed by atoms with van der Waals surface area (Å²) < 4.78 is 11.3. The fourth-order valence-electron chi connectivity index (χ4n) is 3.46. The number of ether oxygens (including phenoxy) is 2. The molecule has 2 atom stereocenters. The van der Waals surface area contributed by atoms with E-state index in [9.17, 15) is 9.59 Å². The van der Waals surface area contributed by atoms with E-state index in [1.807, 2.05) is 32.0 Å². The summed E-state index contributed by atoms with van der Waals surface area (Å²) >= 11 is 0. The molecule has 0 spiro atoms. The maximum Gasteiger partial charge on any atom is 0.265 e. The van der Waals surface area contributed by atoms with E-state index < -0.39 is 0 Å². The van der Waals surface area contributed by atoms with Gasteiger partial charge in [0.15, 0.2) is 6.61 Å². The molecule has 0 aromatic heterocycles. The first-order valence-electron chi connectivity index (χ1n) is 9.16. The smallest absolute Gasteiger partial charge is 0.265 e. The van der Waals surface area contributed by atoms with Crippen molar-refractivity contribution in [1.82, 2.24) is 4.90 Å². The van der Waals surface area contributed by atoms with Crippen LogP contribution in [0.4, 0.5) is 5.69 Å². The van der Waals surface area contributed by atoms with Crippen LogP contribution in [0.1, 0.15) is 40.2 Å². The van der Waals surface area contributed by atoms with E-state index in [-0.39, 0.29) is 42.6 Å². The minimum absolute atomic E-state index is 0.00266. The van der Waals surface area contributed by atoms with Crippen molar-refractivity contribution in [2.45, 2.75) is 52.2 Å². The van der Waals surface area contributed by atoms with Gasteiger partial charge in [-0.25, -0.2) is 0 Å². The van der Waals surface area contributed by atoms with Gasteiger partial charge in [-0.15, -0.1) is 0 Å². The predicted molar refractivity (Wildman–Crippen MR) is 99.6 cm³/mol. The van der Waals surface area contributed by atoms with Gasteiger partial charge in [0.05, 0.1) is 17.9 Å². The van der Waals surface area contributed by atoms with Gasteiger partial charge in [-0.1, -0.05) is 26.8 Å². The number of benzene rings is 1. The molecule has 6 nitrogen and oxygen atoms in total. The average Bonchev–Trinajstić information content (AvgIpc) is 2.55. The van der Waals surface area contributed by atoms with Crippen LogP contribution in [0.15, 0.2) is 18.2 Å². The first kappa shape index (κ1) is 18.7. The van der Waals surface area contributed by atoms with Gasteiger partial charge in [-0.05, 0) is 37.0 Å². The zero-order valence-corrected chi connectivity index (χ0v) is 16.2. The van der Waals surface area contributed by atoms with Crippen LogP contribution in [-0.2, 0) is 19.7 Å². The normalized spacial score (nSPS) is 23.5. The van der Waals surface area contributed by atoms with Crippen molar-refractivity contribution in [1.29, 1.82) is 0 Å². The van der Waals surface area contributed by atoms with Crippen LogP contribution in [0.5, 0.6) is 5.75 Å². The van der Waals surface area contributed by atoms with Crippen molar-refractivity contribution in [3.8, 4) is 5.75 Å². The number of rotatable bonds is 2. The summed E-state index contributed by atoms with van der Waals surface area (Å²) in [5.41, 5.74) is 1.72. The molecular weight excluding hydrogens is 332 g/mol. The van der Waals surface area contributed by atoms with E-state index >= 15 is 0 Å². The van der Waals surface area contributed by atoms with Gasteiger partial charge in [-0.3, -0.25) is 14.5 Å². The van der Waals surface area contributed by atoms with Gasteiger partial charge in [0, 0.05) is 13.1 Å². The number of morpholine rings is 1. The van der Waals surface area contributed by atoms with Crippen LogP contribution in [-0.4, -0.2) is 55.2 Å². The molecule has 2 amide bonds. The maximum absolute atomic E-state index is 12.8. The van der Waals surface area contributed by atoms with Crippen LogP contribution in [0.2, 0.25) is 0 Å². The number of nitrogens with zero attached hydrogens (tertiary/aromatic N) is 2. The molecular formula is C20H28N2O4. The number of hydrogen-bond donors (Lipinski definition) is 0. The van der Waals surface area contributed by atoms with Gasteiger partial charge in [0.25, 0.3) is 5.91 Å². The lowest BCUT2D eigenvalue weighted by molar-refractivity contribution is -0.142. The molecule has 1 aromatic rings. The third-order valence-corrected chi connectivity index (χ3v) is 4.83. The number of hydrogen-bond acceptors (Lipinski definition) is 4. The Morgan fingerprint density at radius 3 is 2.46 bits per heavy atom. The number of anilines is 1. The van der Waals surface area contributed by atoms with Crippen molar-refractivity contribution in [2.75, 3.05) is 31.1 Å². The van der Waals surface area contributed by atoms with Crippen molar-refractivity contribution < 1.29 is 19.1 Å². The topological polar surface area (TPSA) is 59.1 Å². The molecule has 26 heavy (non-hydrogen) atoms. The summed E-state index contributed by atoms with van der Waals surface area (Å²) in [5.74, 6) is 0.398. The Balaban J connectivity index is 1.84. The van der Waals surface area contributed by atoms with Gasteiger partial charge < -0.3 is 14.4 Å². The highest BCUT2D eigenvalue weighted by Gasteiger charge is 2.32. The molecule has 3 rings (SSSR count). The van der Waals surface area contributed by atoms with Gasteiger partial charge in [0.2, 0.25) is 5.91 Å². The summed E-state index contributed by atoms with van der Waals surface area (Å²) in [6.45, 7) is 11.4. The Labute approximate surface area is 155 Å². The monoisotopic (exact) mass is 360 g/mol. The number of carbonyl (C=O) groups excluding carboxylic acids is 2. The maximum atomic E-state index is 12.8. The number of carbonyl (C=O) groups is 2. The molecule has 1 saturated heterocycles. The number of amides is 2. The quantitative estimate of drug-likeness (QED) is 0.812. The zero-order valence-electron chi connectivity index (χ0n) is 16.2. The molecule has 0 bridgehead atoms. The fourth-order valence-corrected chi connectivity index (χ4v) is 3.46. The molecule has 6 heteroatoms. The molecule has 1 aromatic carbocycles. The Morgan fingerprint density at radius 2 is 1.85 bits per heavy atom. The molecule has 2 heterocycles.